The largest absolute Gasteiger partial charge is 0.383 e. The summed E-state index contributed by atoms with van der Waals surface area (Å²) in [4.78, 5) is 22.9. The molecule has 0 saturated carbocycles. The Labute approximate surface area is 209 Å². The van der Waals surface area contributed by atoms with Gasteiger partial charge in [0, 0.05) is 6.04 Å². The average Bonchev–Trinajstić information content (AvgIpc) is 3.16. The number of anilines is 1. The maximum atomic E-state index is 13.4. The normalized spacial score (nSPS) is 12.4. The molecule has 2 aromatic heterocycles. The van der Waals surface area contributed by atoms with E-state index in [1.807, 2.05) is 80.6 Å². The van der Waals surface area contributed by atoms with Crippen LogP contribution in [-0.4, -0.2) is 32.8 Å². The topological polar surface area (TPSA) is 98.2 Å². The van der Waals surface area contributed by atoms with Gasteiger partial charge in [-0.25, -0.2) is 9.97 Å². The van der Waals surface area contributed by atoms with Crippen LogP contribution >= 0.6 is 0 Å². The Morgan fingerprint density at radius 2 is 1.67 bits per heavy atom. The first-order valence-corrected chi connectivity index (χ1v) is 12.0. The molecule has 0 spiro atoms. The van der Waals surface area contributed by atoms with Crippen molar-refractivity contribution in [2.45, 2.75) is 32.7 Å². The third-order valence-electron chi connectivity index (χ3n) is 6.19. The molecule has 0 fully saturated rings. The van der Waals surface area contributed by atoms with Crippen molar-refractivity contribution in [1.82, 2.24) is 20.0 Å². The molecule has 36 heavy (non-hydrogen) atoms. The standard InChI is InChI=1S/C29H28N6O/c1-19-12-15-22(16-13-19)18-31-35-27(30)25(26-28(35)34-24-11-7-6-10-23(24)33-26)29(36)32-20(2)14-17-21-8-4-3-5-9-21/h3-13,15-16,18,20H,14,17,30H2,1-2H3,(H,32,36)/b31-18-/t20-/m0/s1. The summed E-state index contributed by atoms with van der Waals surface area (Å²) in [6.07, 6.45) is 3.37. The van der Waals surface area contributed by atoms with Crippen molar-refractivity contribution in [2.24, 2.45) is 5.10 Å². The van der Waals surface area contributed by atoms with Crippen molar-refractivity contribution in [2.75, 3.05) is 5.73 Å². The van der Waals surface area contributed by atoms with E-state index < -0.39 is 0 Å². The molecular weight excluding hydrogens is 448 g/mol. The zero-order chi connectivity index (χ0) is 25.1. The first-order valence-electron chi connectivity index (χ1n) is 12.0. The third-order valence-corrected chi connectivity index (χ3v) is 6.19. The summed E-state index contributed by atoms with van der Waals surface area (Å²) in [5.74, 6) is -0.0802. The molecule has 0 unspecified atom stereocenters. The van der Waals surface area contributed by atoms with E-state index in [1.54, 1.807) is 6.21 Å². The van der Waals surface area contributed by atoms with Gasteiger partial charge in [0.05, 0.1) is 17.2 Å². The predicted molar refractivity (Wildman–Crippen MR) is 145 cm³/mol. The molecule has 7 heteroatoms. The summed E-state index contributed by atoms with van der Waals surface area (Å²) in [6, 6.07) is 25.7. The van der Waals surface area contributed by atoms with E-state index in [2.05, 4.69) is 22.6 Å². The van der Waals surface area contributed by atoms with Gasteiger partial charge in [-0.2, -0.15) is 9.78 Å². The molecule has 3 N–H and O–H groups in total. The SMILES string of the molecule is Cc1ccc(/C=N\n2c(N)c(C(=O)N[C@@H](C)CCc3ccccc3)c3nc4ccccc4nc32)cc1. The summed E-state index contributed by atoms with van der Waals surface area (Å²) in [5.41, 5.74) is 12.4. The predicted octanol–water partition coefficient (Wildman–Crippen LogP) is 5.11. The fourth-order valence-electron chi connectivity index (χ4n) is 4.16. The number of fused-ring (bicyclic) bond motifs is 2. The Bertz CT molecular complexity index is 1550. The molecule has 7 nitrogen and oxygen atoms in total. The highest BCUT2D eigenvalue weighted by Crippen LogP contribution is 2.28. The van der Waals surface area contributed by atoms with E-state index >= 15 is 0 Å². The Hall–Kier alpha value is -4.52. The smallest absolute Gasteiger partial charge is 0.257 e. The first-order chi connectivity index (χ1) is 17.5. The summed E-state index contributed by atoms with van der Waals surface area (Å²) in [5, 5.41) is 7.67. The van der Waals surface area contributed by atoms with Crippen LogP contribution in [-0.2, 0) is 6.42 Å². The fraction of sp³-hybridized carbons (Fsp3) is 0.172. The minimum absolute atomic E-state index is 0.0556. The lowest BCUT2D eigenvalue weighted by molar-refractivity contribution is 0.0940. The van der Waals surface area contributed by atoms with Gasteiger partial charge in [0.2, 0.25) is 0 Å². The lowest BCUT2D eigenvalue weighted by Gasteiger charge is -2.14. The number of nitrogen functional groups attached to an aromatic ring is 1. The number of aromatic nitrogens is 3. The molecule has 2 heterocycles. The third kappa shape index (κ3) is 4.81. The second kappa shape index (κ2) is 10.00. The number of carbonyl (C=O) groups excluding carboxylic acids is 1. The molecular formula is C29H28N6O. The molecule has 5 aromatic rings. The maximum Gasteiger partial charge on any atom is 0.257 e. The van der Waals surface area contributed by atoms with Gasteiger partial charge in [-0.15, -0.1) is 0 Å². The molecule has 0 aliphatic rings. The Kier molecular flexibility index (Phi) is 6.45. The molecule has 0 bridgehead atoms. The minimum atomic E-state index is -0.285. The van der Waals surface area contributed by atoms with Crippen LogP contribution in [0.4, 0.5) is 5.82 Å². The molecule has 0 aliphatic carbocycles. The highest BCUT2D eigenvalue weighted by molar-refractivity contribution is 6.10. The fourth-order valence-corrected chi connectivity index (χ4v) is 4.16. The summed E-state index contributed by atoms with van der Waals surface area (Å²) in [6.45, 7) is 4.03. The van der Waals surface area contributed by atoms with E-state index in [0.717, 1.165) is 24.0 Å². The van der Waals surface area contributed by atoms with E-state index in [-0.39, 0.29) is 23.3 Å². The quantitative estimate of drug-likeness (QED) is 0.319. The average molecular weight is 477 g/mol. The number of rotatable bonds is 7. The number of benzene rings is 3. The van der Waals surface area contributed by atoms with E-state index in [4.69, 9.17) is 15.7 Å². The molecule has 0 radical (unpaired) electrons. The summed E-state index contributed by atoms with van der Waals surface area (Å²) >= 11 is 0. The molecule has 180 valence electrons. The number of aryl methyl sites for hydroxylation is 2. The van der Waals surface area contributed by atoms with Crippen LogP contribution in [0.5, 0.6) is 0 Å². The van der Waals surface area contributed by atoms with Crippen LogP contribution in [0.15, 0.2) is 84.0 Å². The molecule has 3 aromatic carbocycles. The van der Waals surface area contributed by atoms with Gasteiger partial charge < -0.3 is 11.1 Å². The molecule has 1 amide bonds. The maximum absolute atomic E-state index is 13.4. The van der Waals surface area contributed by atoms with Gasteiger partial charge in [0.25, 0.3) is 5.91 Å². The number of amides is 1. The van der Waals surface area contributed by atoms with Crippen molar-refractivity contribution in [3.63, 3.8) is 0 Å². The number of nitrogens with two attached hydrogens (primary N) is 1. The highest BCUT2D eigenvalue weighted by Gasteiger charge is 2.25. The van der Waals surface area contributed by atoms with Gasteiger partial charge in [-0.1, -0.05) is 72.3 Å². The highest BCUT2D eigenvalue weighted by atomic mass is 16.1. The zero-order valence-electron chi connectivity index (χ0n) is 20.3. The molecule has 0 saturated heterocycles. The van der Waals surface area contributed by atoms with Gasteiger partial charge in [0.15, 0.2) is 5.65 Å². The number of nitrogens with zero attached hydrogens (tertiary/aromatic N) is 4. The van der Waals surface area contributed by atoms with Gasteiger partial charge >= 0.3 is 0 Å². The number of para-hydroxylation sites is 2. The van der Waals surface area contributed by atoms with Gasteiger partial charge in [0.1, 0.15) is 16.9 Å². The monoisotopic (exact) mass is 476 g/mol. The van der Waals surface area contributed by atoms with E-state index in [0.29, 0.717) is 22.2 Å². The van der Waals surface area contributed by atoms with E-state index in [9.17, 15) is 4.79 Å². The second-order valence-corrected chi connectivity index (χ2v) is 9.01. The summed E-state index contributed by atoms with van der Waals surface area (Å²) < 4.78 is 1.50. The van der Waals surface area contributed by atoms with Crippen molar-refractivity contribution >= 4 is 40.1 Å². The molecule has 0 aliphatic heterocycles. The van der Waals surface area contributed by atoms with E-state index in [1.165, 1.54) is 10.2 Å². The van der Waals surface area contributed by atoms with Crippen LogP contribution in [0, 0.1) is 6.92 Å². The van der Waals surface area contributed by atoms with Crippen LogP contribution in [0.25, 0.3) is 22.2 Å². The molecule has 5 rings (SSSR count). The number of nitrogens with one attached hydrogen (secondary N) is 1. The zero-order valence-corrected chi connectivity index (χ0v) is 20.3. The first kappa shape index (κ1) is 23.2. The van der Waals surface area contributed by atoms with Crippen LogP contribution in [0.1, 0.15) is 40.4 Å². The second-order valence-electron chi connectivity index (χ2n) is 9.01. The van der Waals surface area contributed by atoms with Gasteiger partial charge in [-0.3, -0.25) is 4.79 Å². The van der Waals surface area contributed by atoms with Crippen molar-refractivity contribution in [3.05, 3.63) is 101 Å². The lowest BCUT2D eigenvalue weighted by atomic mass is 10.1. The lowest BCUT2D eigenvalue weighted by Crippen LogP contribution is -2.33. The molecule has 1 atom stereocenters. The summed E-state index contributed by atoms with van der Waals surface area (Å²) in [7, 11) is 0. The van der Waals surface area contributed by atoms with Crippen LogP contribution in [0.3, 0.4) is 0 Å². The van der Waals surface area contributed by atoms with Gasteiger partial charge in [-0.05, 0) is 49.9 Å². The van der Waals surface area contributed by atoms with Crippen molar-refractivity contribution in [3.8, 4) is 0 Å². The van der Waals surface area contributed by atoms with Crippen molar-refractivity contribution in [1.29, 1.82) is 0 Å². The number of hydrogen-bond donors (Lipinski definition) is 2. The minimum Gasteiger partial charge on any atom is -0.383 e. The van der Waals surface area contributed by atoms with Crippen LogP contribution in [0.2, 0.25) is 0 Å². The Morgan fingerprint density at radius 3 is 2.39 bits per heavy atom. The van der Waals surface area contributed by atoms with Crippen molar-refractivity contribution < 1.29 is 4.79 Å². The Morgan fingerprint density at radius 1 is 1.00 bits per heavy atom. The number of carbonyl (C=O) groups is 1. The Balaban J connectivity index is 1.49. The number of hydrogen-bond acceptors (Lipinski definition) is 5. The van der Waals surface area contributed by atoms with Crippen LogP contribution < -0.4 is 11.1 Å².